The Hall–Kier alpha value is -2.80. The van der Waals surface area contributed by atoms with Gasteiger partial charge in [0.05, 0.1) is 21.3 Å². The predicted molar refractivity (Wildman–Crippen MR) is 108 cm³/mol. The molecule has 3 heterocycles. The molecule has 1 aliphatic rings. The topological polar surface area (TPSA) is 83.3 Å². The molecule has 0 atom stereocenters. The molecule has 1 saturated carbocycles. The van der Waals surface area contributed by atoms with Crippen LogP contribution in [-0.4, -0.2) is 25.9 Å². The van der Waals surface area contributed by atoms with Crippen molar-refractivity contribution < 1.29 is 5.21 Å². The standard InChI is InChI=1S/C20H21N5OS/c1-13-9-10-21-19(11-13)24-18-4-2-3-16(23-18)17-12-22-20(27-17)14-5-7-15(25-26)8-6-14/h2-4,9-12,14,26H,5-8H2,1H3,(H,21,23,24). The molecule has 7 heteroatoms. The first-order valence-electron chi connectivity index (χ1n) is 9.04. The van der Waals surface area contributed by atoms with Crippen molar-refractivity contribution in [2.24, 2.45) is 5.16 Å². The van der Waals surface area contributed by atoms with Gasteiger partial charge in [0.15, 0.2) is 0 Å². The van der Waals surface area contributed by atoms with Crippen molar-refractivity contribution in [3.05, 3.63) is 53.3 Å². The second kappa shape index (κ2) is 7.84. The Balaban J connectivity index is 1.50. The monoisotopic (exact) mass is 379 g/mol. The molecule has 0 bridgehead atoms. The van der Waals surface area contributed by atoms with Gasteiger partial charge in [-0.3, -0.25) is 0 Å². The number of pyridine rings is 2. The van der Waals surface area contributed by atoms with Crippen LogP contribution in [0.25, 0.3) is 10.6 Å². The van der Waals surface area contributed by atoms with Crippen molar-refractivity contribution in [1.29, 1.82) is 0 Å². The molecule has 0 spiro atoms. The highest BCUT2D eigenvalue weighted by molar-refractivity contribution is 7.15. The summed E-state index contributed by atoms with van der Waals surface area (Å²) in [5.41, 5.74) is 2.95. The van der Waals surface area contributed by atoms with Crippen molar-refractivity contribution >= 4 is 28.7 Å². The fraction of sp³-hybridized carbons (Fsp3) is 0.300. The predicted octanol–water partition coefficient (Wildman–Crippen LogP) is 5.14. The third-order valence-electron chi connectivity index (χ3n) is 4.75. The number of anilines is 2. The summed E-state index contributed by atoms with van der Waals surface area (Å²) in [6.45, 7) is 2.04. The second-order valence-electron chi connectivity index (χ2n) is 6.75. The molecular formula is C20H21N5OS. The summed E-state index contributed by atoms with van der Waals surface area (Å²) in [5.74, 6) is 1.99. The second-order valence-corrected chi connectivity index (χ2v) is 7.82. The lowest BCUT2D eigenvalue weighted by Gasteiger charge is -2.19. The minimum atomic E-state index is 0.437. The first-order valence-corrected chi connectivity index (χ1v) is 9.85. The van der Waals surface area contributed by atoms with Crippen LogP contribution in [0.2, 0.25) is 0 Å². The van der Waals surface area contributed by atoms with Crippen molar-refractivity contribution in [3.63, 3.8) is 0 Å². The van der Waals surface area contributed by atoms with Gasteiger partial charge in [-0.2, -0.15) is 0 Å². The van der Waals surface area contributed by atoms with Gasteiger partial charge in [-0.15, -0.1) is 11.3 Å². The molecule has 4 rings (SSSR count). The van der Waals surface area contributed by atoms with Gasteiger partial charge in [0, 0.05) is 18.3 Å². The Labute approximate surface area is 162 Å². The van der Waals surface area contributed by atoms with E-state index in [1.165, 1.54) is 0 Å². The lowest BCUT2D eigenvalue weighted by atomic mass is 9.88. The smallest absolute Gasteiger partial charge is 0.132 e. The van der Waals surface area contributed by atoms with Crippen LogP contribution in [0.15, 0.2) is 47.9 Å². The van der Waals surface area contributed by atoms with E-state index in [4.69, 9.17) is 10.2 Å². The van der Waals surface area contributed by atoms with Crippen LogP contribution in [-0.2, 0) is 0 Å². The van der Waals surface area contributed by atoms with Gasteiger partial charge in [0.25, 0.3) is 0 Å². The number of aromatic nitrogens is 3. The van der Waals surface area contributed by atoms with Gasteiger partial charge >= 0.3 is 0 Å². The number of hydrogen-bond donors (Lipinski definition) is 2. The Morgan fingerprint density at radius 1 is 1.15 bits per heavy atom. The summed E-state index contributed by atoms with van der Waals surface area (Å²) < 4.78 is 0. The molecule has 0 amide bonds. The van der Waals surface area contributed by atoms with E-state index in [1.54, 1.807) is 17.5 Å². The van der Waals surface area contributed by atoms with E-state index in [1.807, 2.05) is 43.5 Å². The summed E-state index contributed by atoms with van der Waals surface area (Å²) in [6, 6.07) is 9.89. The van der Waals surface area contributed by atoms with E-state index in [0.29, 0.717) is 5.92 Å². The van der Waals surface area contributed by atoms with E-state index in [2.05, 4.69) is 20.4 Å². The maximum atomic E-state index is 8.90. The third kappa shape index (κ3) is 4.14. The van der Waals surface area contributed by atoms with Crippen molar-refractivity contribution in [2.45, 2.75) is 38.5 Å². The van der Waals surface area contributed by atoms with E-state index in [9.17, 15) is 0 Å². The normalized spacial score (nSPS) is 16.9. The molecule has 0 radical (unpaired) electrons. The summed E-state index contributed by atoms with van der Waals surface area (Å²) in [7, 11) is 0. The first-order chi connectivity index (χ1) is 13.2. The Bertz CT molecular complexity index is 958. The maximum Gasteiger partial charge on any atom is 0.132 e. The highest BCUT2D eigenvalue weighted by atomic mass is 32.1. The van der Waals surface area contributed by atoms with Crippen LogP contribution in [0, 0.1) is 6.92 Å². The molecule has 3 aromatic heterocycles. The lowest BCUT2D eigenvalue weighted by Crippen LogP contribution is -2.12. The molecule has 3 aromatic rings. The average molecular weight is 379 g/mol. The number of hydrogen-bond acceptors (Lipinski definition) is 7. The van der Waals surface area contributed by atoms with Crippen LogP contribution in [0.3, 0.4) is 0 Å². The van der Waals surface area contributed by atoms with Crippen LogP contribution in [0.4, 0.5) is 11.6 Å². The molecule has 0 aromatic carbocycles. The zero-order chi connectivity index (χ0) is 18.6. The van der Waals surface area contributed by atoms with Crippen LogP contribution >= 0.6 is 11.3 Å². The number of thiazole rings is 1. The van der Waals surface area contributed by atoms with Gasteiger partial charge in [-0.1, -0.05) is 11.2 Å². The van der Waals surface area contributed by atoms with Gasteiger partial charge < -0.3 is 10.5 Å². The van der Waals surface area contributed by atoms with Crippen molar-refractivity contribution in [3.8, 4) is 10.6 Å². The molecule has 27 heavy (non-hydrogen) atoms. The highest BCUT2D eigenvalue weighted by Crippen LogP contribution is 2.36. The summed E-state index contributed by atoms with van der Waals surface area (Å²) in [4.78, 5) is 14.7. The number of aryl methyl sites for hydroxylation is 1. The first kappa shape index (κ1) is 17.6. The summed E-state index contributed by atoms with van der Waals surface area (Å²) in [6.07, 6.45) is 7.36. The SMILES string of the molecule is Cc1ccnc(Nc2cccc(-c3cnc(C4CCC(=NO)CC4)s3)n2)c1. The van der Waals surface area contributed by atoms with Gasteiger partial charge in [0.2, 0.25) is 0 Å². The van der Waals surface area contributed by atoms with E-state index < -0.39 is 0 Å². The quantitative estimate of drug-likeness (QED) is 0.484. The van der Waals surface area contributed by atoms with Crippen molar-refractivity contribution in [1.82, 2.24) is 15.0 Å². The summed E-state index contributed by atoms with van der Waals surface area (Å²) in [5, 5.41) is 16.7. The minimum Gasteiger partial charge on any atom is -0.411 e. The molecule has 1 fully saturated rings. The average Bonchev–Trinajstić information content (AvgIpc) is 3.19. The number of nitrogens with zero attached hydrogens (tertiary/aromatic N) is 4. The Kier molecular flexibility index (Phi) is 5.11. The Morgan fingerprint density at radius 3 is 2.78 bits per heavy atom. The van der Waals surface area contributed by atoms with Gasteiger partial charge in [0.1, 0.15) is 11.6 Å². The zero-order valence-corrected chi connectivity index (χ0v) is 15.9. The van der Waals surface area contributed by atoms with Crippen LogP contribution in [0.1, 0.15) is 42.2 Å². The lowest BCUT2D eigenvalue weighted by molar-refractivity contribution is 0.313. The van der Waals surface area contributed by atoms with Gasteiger partial charge in [-0.25, -0.2) is 15.0 Å². The molecule has 0 saturated heterocycles. The molecule has 0 aliphatic heterocycles. The molecule has 0 unspecified atom stereocenters. The molecular weight excluding hydrogens is 358 g/mol. The van der Waals surface area contributed by atoms with Gasteiger partial charge in [-0.05, 0) is 62.4 Å². The van der Waals surface area contributed by atoms with E-state index >= 15 is 0 Å². The van der Waals surface area contributed by atoms with Crippen LogP contribution < -0.4 is 5.32 Å². The largest absolute Gasteiger partial charge is 0.411 e. The highest BCUT2D eigenvalue weighted by Gasteiger charge is 2.22. The number of nitrogens with one attached hydrogen (secondary N) is 1. The molecule has 138 valence electrons. The van der Waals surface area contributed by atoms with Crippen LogP contribution in [0.5, 0.6) is 0 Å². The molecule has 6 nitrogen and oxygen atoms in total. The maximum absolute atomic E-state index is 8.90. The third-order valence-corrected chi connectivity index (χ3v) is 5.93. The molecule has 2 N–H and O–H groups in total. The summed E-state index contributed by atoms with van der Waals surface area (Å²) >= 11 is 1.70. The van der Waals surface area contributed by atoms with Crippen molar-refractivity contribution in [2.75, 3.05) is 5.32 Å². The van der Waals surface area contributed by atoms with E-state index in [0.717, 1.165) is 64.2 Å². The fourth-order valence-corrected chi connectivity index (χ4v) is 4.33. The minimum absolute atomic E-state index is 0.437. The van der Waals surface area contributed by atoms with E-state index in [-0.39, 0.29) is 0 Å². The molecule has 1 aliphatic carbocycles. The zero-order valence-electron chi connectivity index (χ0n) is 15.1. The number of oxime groups is 1. The number of rotatable bonds is 4. The fourth-order valence-electron chi connectivity index (χ4n) is 3.27. The Morgan fingerprint density at radius 2 is 2.00 bits per heavy atom.